The number of rotatable bonds is 6. The van der Waals surface area contributed by atoms with Crippen molar-refractivity contribution in [2.45, 2.75) is 19.1 Å². The molecule has 1 aliphatic heterocycles. The summed E-state index contributed by atoms with van der Waals surface area (Å²) >= 11 is 0. The molecule has 0 spiro atoms. The van der Waals surface area contributed by atoms with E-state index in [4.69, 9.17) is 9.25 Å². The number of amides is 1. The number of hydrogen-bond acceptors (Lipinski definition) is 4. The monoisotopic (exact) mass is 378 g/mol. The second kappa shape index (κ2) is 8.08. The van der Waals surface area contributed by atoms with Gasteiger partial charge in [-0.3, -0.25) is 4.79 Å². The van der Waals surface area contributed by atoms with E-state index < -0.39 is 0 Å². The second-order valence-corrected chi connectivity index (χ2v) is 6.63. The summed E-state index contributed by atoms with van der Waals surface area (Å²) in [6.07, 6.45) is 1.67. The van der Waals surface area contributed by atoms with Gasteiger partial charge in [-0.2, -0.15) is 0 Å². The van der Waals surface area contributed by atoms with Crippen molar-refractivity contribution in [1.82, 2.24) is 4.90 Å². The first-order chi connectivity index (χ1) is 13.7. The molecule has 0 N–H and O–H groups in total. The molecule has 0 bridgehead atoms. The molecule has 5 nitrogen and oxygen atoms in total. The van der Waals surface area contributed by atoms with Crippen LogP contribution in [0.5, 0.6) is 0 Å². The minimum Gasteiger partial charge on any atom is -0.459 e. The third-order valence-corrected chi connectivity index (χ3v) is 4.55. The number of carbonyl (C=O) groups excluding carboxylic acids is 1. The van der Waals surface area contributed by atoms with E-state index >= 15 is 0 Å². The minimum absolute atomic E-state index is 0.211. The summed E-state index contributed by atoms with van der Waals surface area (Å²) in [5.41, 5.74) is 2.37. The molecule has 1 aromatic heterocycles. The van der Waals surface area contributed by atoms with Crippen molar-refractivity contribution in [1.29, 1.82) is 0 Å². The molecule has 142 valence electrons. The van der Waals surface area contributed by atoms with Gasteiger partial charge >= 0.3 is 0 Å². The lowest BCUT2D eigenvalue weighted by atomic mass is 10.0. The zero-order valence-electron chi connectivity index (χ0n) is 15.1. The van der Waals surface area contributed by atoms with E-state index in [1.165, 1.54) is 18.4 Å². The smallest absolute Gasteiger partial charge is 0.289 e. The first-order valence-electron chi connectivity index (χ1n) is 9.04. The van der Waals surface area contributed by atoms with E-state index in [-0.39, 0.29) is 23.6 Å². The Morgan fingerprint density at radius 2 is 1.96 bits per heavy atom. The van der Waals surface area contributed by atoms with Gasteiger partial charge in [0.2, 0.25) is 0 Å². The maximum absolute atomic E-state index is 13.5. The molecule has 1 amide bonds. The van der Waals surface area contributed by atoms with Crippen LogP contribution in [-0.4, -0.2) is 29.2 Å². The van der Waals surface area contributed by atoms with Gasteiger partial charge in [0.25, 0.3) is 5.91 Å². The van der Waals surface area contributed by atoms with E-state index in [1.807, 2.05) is 30.3 Å². The van der Waals surface area contributed by atoms with Crippen LogP contribution >= 0.6 is 0 Å². The van der Waals surface area contributed by atoms with Gasteiger partial charge in [-0.05, 0) is 29.8 Å². The Morgan fingerprint density at radius 1 is 1.11 bits per heavy atom. The number of oxime groups is 1. The van der Waals surface area contributed by atoms with Gasteiger partial charge in [0.1, 0.15) is 5.82 Å². The third-order valence-electron chi connectivity index (χ3n) is 4.55. The molecule has 4 rings (SSSR count). The van der Waals surface area contributed by atoms with Crippen LogP contribution in [-0.2, 0) is 11.4 Å². The minimum atomic E-state index is -0.317. The van der Waals surface area contributed by atoms with E-state index in [1.54, 1.807) is 29.2 Å². The van der Waals surface area contributed by atoms with Crippen molar-refractivity contribution in [3.05, 3.63) is 95.7 Å². The van der Waals surface area contributed by atoms with E-state index in [9.17, 15) is 9.18 Å². The lowest BCUT2D eigenvalue weighted by Gasteiger charge is -2.24. The van der Waals surface area contributed by atoms with Crippen molar-refractivity contribution in [3.63, 3.8) is 0 Å². The highest BCUT2D eigenvalue weighted by atomic mass is 19.1. The van der Waals surface area contributed by atoms with Crippen molar-refractivity contribution < 1.29 is 18.4 Å². The lowest BCUT2D eigenvalue weighted by molar-refractivity contribution is 0.0387. The van der Waals surface area contributed by atoms with Crippen LogP contribution in [0.4, 0.5) is 4.39 Å². The lowest BCUT2D eigenvalue weighted by Crippen LogP contribution is -2.37. The third kappa shape index (κ3) is 4.11. The summed E-state index contributed by atoms with van der Waals surface area (Å²) in [7, 11) is 0. The van der Waals surface area contributed by atoms with Crippen molar-refractivity contribution >= 4 is 11.6 Å². The fourth-order valence-electron chi connectivity index (χ4n) is 3.19. The molecule has 0 saturated heterocycles. The number of furan rings is 1. The molecule has 28 heavy (non-hydrogen) atoms. The van der Waals surface area contributed by atoms with Crippen molar-refractivity contribution in [2.75, 3.05) is 6.54 Å². The zero-order chi connectivity index (χ0) is 19.3. The molecule has 2 heterocycles. The van der Waals surface area contributed by atoms with Crippen LogP contribution in [0.1, 0.15) is 28.1 Å². The van der Waals surface area contributed by atoms with Crippen molar-refractivity contribution in [3.8, 4) is 0 Å². The quantitative estimate of drug-likeness (QED) is 0.644. The van der Waals surface area contributed by atoms with Crippen LogP contribution in [0.2, 0.25) is 0 Å². The highest BCUT2D eigenvalue weighted by Crippen LogP contribution is 2.20. The molecule has 1 atom stereocenters. The largest absolute Gasteiger partial charge is 0.459 e. The number of benzene rings is 2. The highest BCUT2D eigenvalue weighted by Gasteiger charge is 2.28. The molecule has 0 saturated carbocycles. The van der Waals surface area contributed by atoms with Gasteiger partial charge in [-0.1, -0.05) is 47.6 Å². The Hall–Kier alpha value is -3.41. The number of hydrogen-bond donors (Lipinski definition) is 0. The highest BCUT2D eigenvalue weighted by molar-refractivity contribution is 6.01. The Bertz CT molecular complexity index is 970. The normalized spacial score (nSPS) is 15.8. The predicted molar refractivity (Wildman–Crippen MR) is 102 cm³/mol. The van der Waals surface area contributed by atoms with E-state index in [2.05, 4.69) is 5.16 Å². The van der Waals surface area contributed by atoms with E-state index in [0.717, 1.165) is 5.56 Å². The van der Waals surface area contributed by atoms with Gasteiger partial charge in [-0.15, -0.1) is 0 Å². The zero-order valence-corrected chi connectivity index (χ0v) is 15.1. The molecular weight excluding hydrogens is 359 g/mol. The van der Waals surface area contributed by atoms with E-state index in [0.29, 0.717) is 30.8 Å². The molecule has 1 unspecified atom stereocenters. The fraction of sp³-hybridized carbons (Fsp3) is 0.182. The van der Waals surface area contributed by atoms with Gasteiger partial charge in [0, 0.05) is 18.5 Å². The number of carbonyl (C=O) groups is 1. The fourth-order valence-corrected chi connectivity index (χ4v) is 3.19. The summed E-state index contributed by atoms with van der Waals surface area (Å²) in [4.78, 5) is 20.1. The Morgan fingerprint density at radius 3 is 2.71 bits per heavy atom. The Kier molecular flexibility index (Phi) is 5.19. The topological polar surface area (TPSA) is 55.0 Å². The predicted octanol–water partition coefficient (Wildman–Crippen LogP) is 4.25. The first kappa shape index (κ1) is 18.0. The molecule has 0 aliphatic carbocycles. The van der Waals surface area contributed by atoms with Gasteiger partial charge < -0.3 is 14.2 Å². The summed E-state index contributed by atoms with van der Waals surface area (Å²) in [5, 5.41) is 4.10. The number of halogens is 1. The summed E-state index contributed by atoms with van der Waals surface area (Å²) in [6, 6.07) is 19.3. The molecule has 0 fully saturated rings. The Balaban J connectivity index is 1.48. The Labute approximate surface area is 162 Å². The van der Waals surface area contributed by atoms with Crippen LogP contribution in [0.15, 0.2) is 82.6 Å². The molecular formula is C22H19FN2O3. The summed E-state index contributed by atoms with van der Waals surface area (Å²) < 4.78 is 18.8. The number of nitrogens with zero attached hydrogens (tertiary/aromatic N) is 2. The molecule has 2 aromatic carbocycles. The average molecular weight is 378 g/mol. The molecule has 1 aliphatic rings. The molecule has 3 aromatic rings. The first-order valence-corrected chi connectivity index (χ1v) is 9.04. The molecule has 0 radical (unpaired) electrons. The van der Waals surface area contributed by atoms with Gasteiger partial charge in [0.05, 0.1) is 18.5 Å². The standard InChI is InChI=1S/C22H19FN2O3/c23-18-9-4-8-17(12-18)20-13-19(28-24-20)15-25(14-16-6-2-1-3-7-16)22(26)21-10-5-11-27-21/h1-12,19H,13-15H2. The average Bonchev–Trinajstić information content (AvgIpc) is 3.40. The summed E-state index contributed by atoms with van der Waals surface area (Å²) in [6.45, 7) is 0.770. The summed E-state index contributed by atoms with van der Waals surface area (Å²) in [5.74, 6) is -0.251. The van der Waals surface area contributed by atoms with Crippen molar-refractivity contribution in [2.24, 2.45) is 5.16 Å². The van der Waals surface area contributed by atoms with Crippen LogP contribution < -0.4 is 0 Å². The van der Waals surface area contributed by atoms with Gasteiger partial charge in [-0.25, -0.2) is 4.39 Å². The maximum Gasteiger partial charge on any atom is 0.289 e. The SMILES string of the molecule is O=C(c1ccco1)N(Cc1ccccc1)CC1CC(c2cccc(F)c2)=NO1. The van der Waals surface area contributed by atoms with Crippen LogP contribution in [0, 0.1) is 5.82 Å². The van der Waals surface area contributed by atoms with Crippen LogP contribution in [0.3, 0.4) is 0 Å². The van der Waals surface area contributed by atoms with Crippen LogP contribution in [0.25, 0.3) is 0 Å². The maximum atomic E-state index is 13.5. The second-order valence-electron chi connectivity index (χ2n) is 6.63. The molecule has 6 heteroatoms. The van der Waals surface area contributed by atoms with Gasteiger partial charge in [0.15, 0.2) is 11.9 Å².